The Balaban J connectivity index is 2.06. The SMILES string of the molecule is Cc1cccc(C)c1N1C(=O)C2CS(=O)CN2C1=O. The summed E-state index contributed by atoms with van der Waals surface area (Å²) in [5.74, 6) is 0.163. The lowest BCUT2D eigenvalue weighted by atomic mass is 10.1. The van der Waals surface area contributed by atoms with Crippen molar-refractivity contribution < 1.29 is 13.8 Å². The van der Waals surface area contributed by atoms with Crippen LogP contribution >= 0.6 is 0 Å². The van der Waals surface area contributed by atoms with Crippen molar-refractivity contribution in [1.82, 2.24) is 4.90 Å². The molecule has 5 nitrogen and oxygen atoms in total. The Morgan fingerprint density at radius 2 is 1.84 bits per heavy atom. The Morgan fingerprint density at radius 3 is 2.42 bits per heavy atom. The largest absolute Gasteiger partial charge is 0.332 e. The third kappa shape index (κ3) is 1.70. The molecule has 0 bridgehead atoms. The topological polar surface area (TPSA) is 57.7 Å². The minimum atomic E-state index is -1.10. The molecule has 2 aliphatic rings. The van der Waals surface area contributed by atoms with Gasteiger partial charge in [-0.2, -0.15) is 0 Å². The number of hydrogen-bond donors (Lipinski definition) is 0. The number of para-hydroxylation sites is 1. The Hall–Kier alpha value is -1.69. The van der Waals surface area contributed by atoms with Crippen LogP contribution in [0.4, 0.5) is 10.5 Å². The molecule has 100 valence electrons. The van der Waals surface area contributed by atoms with E-state index in [4.69, 9.17) is 0 Å². The lowest BCUT2D eigenvalue weighted by Gasteiger charge is -2.19. The summed E-state index contributed by atoms with van der Waals surface area (Å²) in [6, 6.07) is 4.76. The van der Waals surface area contributed by atoms with E-state index in [-0.39, 0.29) is 23.6 Å². The summed E-state index contributed by atoms with van der Waals surface area (Å²) in [5, 5.41) is 0. The monoisotopic (exact) mass is 278 g/mol. The van der Waals surface area contributed by atoms with Gasteiger partial charge < -0.3 is 0 Å². The van der Waals surface area contributed by atoms with Crippen molar-refractivity contribution in [2.45, 2.75) is 19.9 Å². The zero-order valence-corrected chi connectivity index (χ0v) is 11.6. The highest BCUT2D eigenvalue weighted by Gasteiger charge is 2.51. The molecule has 0 aliphatic carbocycles. The van der Waals surface area contributed by atoms with Gasteiger partial charge in [-0.05, 0) is 25.0 Å². The molecule has 3 amide bonds. The second kappa shape index (κ2) is 4.16. The molecule has 3 rings (SSSR count). The van der Waals surface area contributed by atoms with Gasteiger partial charge in [0.15, 0.2) is 0 Å². The van der Waals surface area contributed by atoms with Crippen molar-refractivity contribution in [2.24, 2.45) is 0 Å². The predicted octanol–water partition coefficient (Wildman–Crippen LogP) is 1.16. The van der Waals surface area contributed by atoms with Gasteiger partial charge in [-0.15, -0.1) is 0 Å². The number of fused-ring (bicyclic) bond motifs is 1. The average Bonchev–Trinajstić information content (AvgIpc) is 2.82. The molecule has 0 spiro atoms. The van der Waals surface area contributed by atoms with Gasteiger partial charge in [0.25, 0.3) is 5.91 Å². The highest BCUT2D eigenvalue weighted by molar-refractivity contribution is 7.85. The standard InChI is InChI=1S/C13H14N2O3S/c1-8-4-3-5-9(2)11(8)15-12(16)10-6-19(18)7-14(10)13(15)17/h3-5,10H,6-7H2,1-2H3. The predicted molar refractivity (Wildman–Crippen MR) is 72.3 cm³/mol. The number of aryl methyl sites for hydroxylation is 2. The molecule has 2 saturated heterocycles. The summed E-state index contributed by atoms with van der Waals surface area (Å²) in [4.78, 5) is 27.4. The maximum absolute atomic E-state index is 12.4. The van der Waals surface area contributed by atoms with Crippen LogP contribution in [-0.4, -0.2) is 38.7 Å². The first-order chi connectivity index (χ1) is 9.00. The maximum atomic E-state index is 12.4. The van der Waals surface area contributed by atoms with Gasteiger partial charge in [-0.1, -0.05) is 18.2 Å². The van der Waals surface area contributed by atoms with Gasteiger partial charge in [-0.25, -0.2) is 9.69 Å². The first kappa shape index (κ1) is 12.3. The fourth-order valence-electron chi connectivity index (χ4n) is 2.69. The Morgan fingerprint density at radius 1 is 1.21 bits per heavy atom. The van der Waals surface area contributed by atoms with E-state index in [1.807, 2.05) is 32.0 Å². The van der Waals surface area contributed by atoms with E-state index in [0.717, 1.165) is 11.1 Å². The molecule has 2 atom stereocenters. The summed E-state index contributed by atoms with van der Waals surface area (Å²) < 4.78 is 11.5. The lowest BCUT2D eigenvalue weighted by molar-refractivity contribution is -0.118. The van der Waals surface area contributed by atoms with Gasteiger partial charge in [0.1, 0.15) is 6.04 Å². The molecule has 2 heterocycles. The van der Waals surface area contributed by atoms with E-state index in [9.17, 15) is 13.8 Å². The molecule has 0 N–H and O–H groups in total. The van der Waals surface area contributed by atoms with Gasteiger partial charge in [0.2, 0.25) is 0 Å². The summed E-state index contributed by atoms with van der Waals surface area (Å²) in [7, 11) is -1.10. The third-order valence-corrected chi connectivity index (χ3v) is 4.86. The van der Waals surface area contributed by atoms with E-state index in [1.165, 1.54) is 9.80 Å². The van der Waals surface area contributed by atoms with Crippen molar-refractivity contribution in [2.75, 3.05) is 16.5 Å². The fourth-order valence-corrected chi connectivity index (χ4v) is 4.07. The normalized spacial score (nSPS) is 26.2. The second-order valence-electron chi connectivity index (χ2n) is 4.92. The van der Waals surface area contributed by atoms with Crippen molar-refractivity contribution in [1.29, 1.82) is 0 Å². The number of carbonyl (C=O) groups excluding carboxylic acids is 2. The number of imide groups is 1. The van der Waals surface area contributed by atoms with Gasteiger partial charge in [0.05, 0.1) is 17.3 Å². The van der Waals surface area contributed by atoms with Crippen LogP contribution in [0.3, 0.4) is 0 Å². The van der Waals surface area contributed by atoms with Crippen LogP contribution in [0.1, 0.15) is 11.1 Å². The highest BCUT2D eigenvalue weighted by Crippen LogP contribution is 2.33. The summed E-state index contributed by atoms with van der Waals surface area (Å²) >= 11 is 0. The van der Waals surface area contributed by atoms with Crippen LogP contribution in [0.25, 0.3) is 0 Å². The summed E-state index contributed by atoms with van der Waals surface area (Å²) in [6.07, 6.45) is 0. The van der Waals surface area contributed by atoms with Crippen LogP contribution in [-0.2, 0) is 15.6 Å². The van der Waals surface area contributed by atoms with E-state index >= 15 is 0 Å². The molecule has 0 radical (unpaired) electrons. The van der Waals surface area contributed by atoms with Crippen molar-refractivity contribution >= 4 is 28.4 Å². The van der Waals surface area contributed by atoms with Crippen molar-refractivity contribution in [3.8, 4) is 0 Å². The Kier molecular flexibility index (Phi) is 2.70. The highest BCUT2D eigenvalue weighted by atomic mass is 32.2. The number of rotatable bonds is 1. The maximum Gasteiger partial charge on any atom is 0.332 e. The summed E-state index contributed by atoms with van der Waals surface area (Å²) in [5.41, 5.74) is 2.45. The molecule has 2 aliphatic heterocycles. The van der Waals surface area contributed by atoms with E-state index in [0.29, 0.717) is 5.69 Å². The molecule has 19 heavy (non-hydrogen) atoms. The third-order valence-electron chi connectivity index (χ3n) is 3.61. The Labute approximate surface area is 113 Å². The molecule has 0 saturated carbocycles. The first-order valence-corrected chi connectivity index (χ1v) is 7.55. The van der Waals surface area contributed by atoms with Gasteiger partial charge >= 0.3 is 6.03 Å². The molecule has 1 aromatic carbocycles. The minimum Gasteiger partial charge on any atom is -0.299 e. The molecule has 2 fully saturated rings. The molecule has 0 aromatic heterocycles. The summed E-state index contributed by atoms with van der Waals surface area (Å²) in [6.45, 7) is 3.76. The number of anilines is 1. The van der Waals surface area contributed by atoms with Crippen molar-refractivity contribution in [3.05, 3.63) is 29.3 Å². The van der Waals surface area contributed by atoms with E-state index in [1.54, 1.807) is 0 Å². The van der Waals surface area contributed by atoms with Gasteiger partial charge in [-0.3, -0.25) is 13.9 Å². The molecule has 2 unspecified atom stereocenters. The average molecular weight is 278 g/mol. The molecule has 6 heteroatoms. The zero-order chi connectivity index (χ0) is 13.7. The molecular formula is C13H14N2O3S. The second-order valence-corrected chi connectivity index (χ2v) is 6.39. The zero-order valence-electron chi connectivity index (χ0n) is 10.8. The number of urea groups is 1. The lowest BCUT2D eigenvalue weighted by Crippen LogP contribution is -2.35. The number of amides is 3. The van der Waals surface area contributed by atoms with Gasteiger partial charge in [0, 0.05) is 10.8 Å². The van der Waals surface area contributed by atoms with E-state index in [2.05, 4.69) is 0 Å². The quantitative estimate of drug-likeness (QED) is 0.724. The van der Waals surface area contributed by atoms with Crippen LogP contribution in [0.5, 0.6) is 0 Å². The van der Waals surface area contributed by atoms with Crippen LogP contribution < -0.4 is 4.90 Å². The number of carbonyl (C=O) groups is 2. The van der Waals surface area contributed by atoms with Crippen LogP contribution in [0.15, 0.2) is 18.2 Å². The van der Waals surface area contributed by atoms with Crippen molar-refractivity contribution in [3.63, 3.8) is 0 Å². The van der Waals surface area contributed by atoms with E-state index < -0.39 is 16.8 Å². The van der Waals surface area contributed by atoms with Crippen LogP contribution in [0.2, 0.25) is 0 Å². The first-order valence-electron chi connectivity index (χ1n) is 6.06. The number of nitrogens with zero attached hydrogens (tertiary/aromatic N) is 2. The molecule has 1 aromatic rings. The van der Waals surface area contributed by atoms with Crippen LogP contribution in [0, 0.1) is 13.8 Å². The minimum absolute atomic E-state index is 0.163. The molecular weight excluding hydrogens is 264 g/mol. The fraction of sp³-hybridized carbons (Fsp3) is 0.385. The number of benzene rings is 1. The Bertz CT molecular complexity index is 568. The smallest absolute Gasteiger partial charge is 0.299 e. The number of hydrogen-bond acceptors (Lipinski definition) is 3.